The zero-order valence-electron chi connectivity index (χ0n) is 9.97. The topological polar surface area (TPSA) is 18.5 Å². The maximum absolute atomic E-state index is 5.43. The fourth-order valence-corrected chi connectivity index (χ4v) is 1.77. The predicted molar refractivity (Wildman–Crippen MR) is 68.8 cm³/mol. The minimum absolute atomic E-state index is 0.738. The van der Waals surface area contributed by atoms with Crippen LogP contribution in [0.5, 0.6) is 0 Å². The SMILES string of the molecule is CCOCCOCCCCCCCCBr. The molecule has 0 aromatic carbocycles. The van der Waals surface area contributed by atoms with Gasteiger partial charge >= 0.3 is 0 Å². The molecule has 0 fully saturated rings. The summed E-state index contributed by atoms with van der Waals surface area (Å²) in [5.41, 5.74) is 0. The highest BCUT2D eigenvalue weighted by molar-refractivity contribution is 9.09. The third-order valence-corrected chi connectivity index (χ3v) is 2.81. The van der Waals surface area contributed by atoms with E-state index in [-0.39, 0.29) is 0 Å². The van der Waals surface area contributed by atoms with E-state index in [0.29, 0.717) is 0 Å². The molecular formula is C12H25BrO2. The summed E-state index contributed by atoms with van der Waals surface area (Å²) < 4.78 is 10.6. The lowest BCUT2D eigenvalue weighted by atomic mass is 10.1. The lowest BCUT2D eigenvalue weighted by Gasteiger charge is -2.04. The standard InChI is InChI=1S/C12H25BrO2/c1-2-14-11-12-15-10-8-6-4-3-5-7-9-13/h2-12H2,1H3. The third-order valence-electron chi connectivity index (χ3n) is 2.25. The second kappa shape index (κ2) is 14.4. The van der Waals surface area contributed by atoms with Crippen molar-refractivity contribution in [3.8, 4) is 0 Å². The number of hydrogen-bond donors (Lipinski definition) is 0. The van der Waals surface area contributed by atoms with Crippen LogP contribution >= 0.6 is 15.9 Å². The molecule has 0 aromatic rings. The van der Waals surface area contributed by atoms with Gasteiger partial charge in [0.15, 0.2) is 0 Å². The Balaban J connectivity index is 2.81. The molecule has 0 atom stereocenters. The van der Waals surface area contributed by atoms with Gasteiger partial charge in [0.1, 0.15) is 0 Å². The fourth-order valence-electron chi connectivity index (χ4n) is 1.37. The van der Waals surface area contributed by atoms with Crippen LogP contribution in [0.25, 0.3) is 0 Å². The molecule has 2 nitrogen and oxygen atoms in total. The molecule has 0 spiro atoms. The van der Waals surface area contributed by atoms with E-state index in [4.69, 9.17) is 9.47 Å². The van der Waals surface area contributed by atoms with E-state index in [1.807, 2.05) is 6.92 Å². The van der Waals surface area contributed by atoms with Crippen molar-refractivity contribution in [3.63, 3.8) is 0 Å². The largest absolute Gasteiger partial charge is 0.379 e. The summed E-state index contributed by atoms with van der Waals surface area (Å²) in [5, 5.41) is 1.15. The monoisotopic (exact) mass is 280 g/mol. The molecular weight excluding hydrogens is 256 g/mol. The number of halogens is 1. The summed E-state index contributed by atoms with van der Waals surface area (Å²) in [4.78, 5) is 0. The first kappa shape index (κ1) is 15.4. The molecule has 0 amide bonds. The van der Waals surface area contributed by atoms with E-state index in [9.17, 15) is 0 Å². The van der Waals surface area contributed by atoms with Gasteiger partial charge in [-0.1, -0.05) is 41.6 Å². The van der Waals surface area contributed by atoms with E-state index < -0.39 is 0 Å². The van der Waals surface area contributed by atoms with Crippen LogP contribution < -0.4 is 0 Å². The van der Waals surface area contributed by atoms with Gasteiger partial charge in [-0.05, 0) is 19.8 Å². The molecule has 0 aliphatic rings. The summed E-state index contributed by atoms with van der Waals surface area (Å²) in [6, 6.07) is 0. The molecule has 0 saturated carbocycles. The molecule has 0 radical (unpaired) electrons. The van der Waals surface area contributed by atoms with Gasteiger partial charge in [-0.25, -0.2) is 0 Å². The smallest absolute Gasteiger partial charge is 0.0700 e. The Morgan fingerprint density at radius 2 is 1.33 bits per heavy atom. The van der Waals surface area contributed by atoms with Gasteiger partial charge in [0.25, 0.3) is 0 Å². The van der Waals surface area contributed by atoms with Crippen LogP contribution in [0.3, 0.4) is 0 Å². The molecule has 0 heterocycles. The lowest BCUT2D eigenvalue weighted by Crippen LogP contribution is -2.04. The second-order valence-electron chi connectivity index (χ2n) is 3.62. The molecule has 15 heavy (non-hydrogen) atoms. The van der Waals surface area contributed by atoms with Crippen molar-refractivity contribution in [1.82, 2.24) is 0 Å². The Kier molecular flexibility index (Phi) is 14.8. The molecule has 0 aliphatic carbocycles. The summed E-state index contributed by atoms with van der Waals surface area (Å²) in [6.07, 6.45) is 7.88. The quantitative estimate of drug-likeness (QED) is 0.400. The highest BCUT2D eigenvalue weighted by atomic mass is 79.9. The predicted octanol–water partition coefficient (Wildman–Crippen LogP) is 3.78. The van der Waals surface area contributed by atoms with Gasteiger partial charge < -0.3 is 9.47 Å². The lowest BCUT2D eigenvalue weighted by molar-refractivity contribution is 0.0512. The van der Waals surface area contributed by atoms with E-state index in [2.05, 4.69) is 15.9 Å². The van der Waals surface area contributed by atoms with Crippen LogP contribution in [-0.2, 0) is 9.47 Å². The normalized spacial score (nSPS) is 10.8. The van der Waals surface area contributed by atoms with Crippen molar-refractivity contribution in [1.29, 1.82) is 0 Å². The molecule has 0 aromatic heterocycles. The first-order valence-electron chi connectivity index (χ1n) is 6.13. The molecule has 0 saturated heterocycles. The van der Waals surface area contributed by atoms with Gasteiger partial charge in [0, 0.05) is 18.5 Å². The van der Waals surface area contributed by atoms with Gasteiger partial charge in [-0.3, -0.25) is 0 Å². The zero-order chi connectivity index (χ0) is 11.2. The van der Waals surface area contributed by atoms with E-state index >= 15 is 0 Å². The zero-order valence-corrected chi connectivity index (χ0v) is 11.6. The van der Waals surface area contributed by atoms with Crippen molar-refractivity contribution in [3.05, 3.63) is 0 Å². The van der Waals surface area contributed by atoms with Crippen molar-refractivity contribution >= 4 is 15.9 Å². The van der Waals surface area contributed by atoms with Gasteiger partial charge in [-0.15, -0.1) is 0 Å². The second-order valence-corrected chi connectivity index (χ2v) is 4.41. The third kappa shape index (κ3) is 14.4. The van der Waals surface area contributed by atoms with Crippen LogP contribution in [-0.4, -0.2) is 31.8 Å². The number of hydrogen-bond acceptors (Lipinski definition) is 2. The average molecular weight is 281 g/mol. The Hall–Kier alpha value is 0.400. The first-order valence-corrected chi connectivity index (χ1v) is 7.25. The number of rotatable bonds is 12. The van der Waals surface area contributed by atoms with E-state index in [0.717, 1.165) is 31.8 Å². The molecule has 0 bridgehead atoms. The van der Waals surface area contributed by atoms with Crippen molar-refractivity contribution in [2.45, 2.75) is 45.4 Å². The van der Waals surface area contributed by atoms with Crippen LogP contribution in [0, 0.1) is 0 Å². The highest BCUT2D eigenvalue weighted by Gasteiger charge is 1.92. The Bertz CT molecular complexity index is 97.8. The maximum atomic E-state index is 5.43. The van der Waals surface area contributed by atoms with Gasteiger partial charge in [-0.2, -0.15) is 0 Å². The average Bonchev–Trinajstić information content (AvgIpc) is 2.26. The number of ether oxygens (including phenoxy) is 2. The highest BCUT2D eigenvalue weighted by Crippen LogP contribution is 2.06. The Morgan fingerprint density at radius 3 is 2.00 bits per heavy atom. The molecule has 92 valence electrons. The minimum atomic E-state index is 0.738. The minimum Gasteiger partial charge on any atom is -0.379 e. The van der Waals surface area contributed by atoms with E-state index in [1.54, 1.807) is 0 Å². The number of unbranched alkanes of at least 4 members (excludes halogenated alkanes) is 5. The maximum Gasteiger partial charge on any atom is 0.0700 e. The van der Waals surface area contributed by atoms with E-state index in [1.165, 1.54) is 38.5 Å². The molecule has 0 rings (SSSR count). The summed E-state index contributed by atoms with van der Waals surface area (Å²) in [5.74, 6) is 0. The van der Waals surface area contributed by atoms with Crippen LogP contribution in [0.4, 0.5) is 0 Å². The number of alkyl halides is 1. The molecule has 0 N–H and O–H groups in total. The molecule has 3 heteroatoms. The Morgan fingerprint density at radius 1 is 0.733 bits per heavy atom. The van der Waals surface area contributed by atoms with Crippen molar-refractivity contribution < 1.29 is 9.47 Å². The van der Waals surface area contributed by atoms with Crippen LogP contribution in [0.2, 0.25) is 0 Å². The van der Waals surface area contributed by atoms with Gasteiger partial charge in [0.05, 0.1) is 13.2 Å². The fraction of sp³-hybridized carbons (Fsp3) is 1.00. The van der Waals surface area contributed by atoms with Crippen molar-refractivity contribution in [2.24, 2.45) is 0 Å². The van der Waals surface area contributed by atoms with Gasteiger partial charge in [0.2, 0.25) is 0 Å². The summed E-state index contributed by atoms with van der Waals surface area (Å²) >= 11 is 3.44. The van der Waals surface area contributed by atoms with Crippen molar-refractivity contribution in [2.75, 3.05) is 31.8 Å². The summed E-state index contributed by atoms with van der Waals surface area (Å²) in [6.45, 7) is 5.18. The Labute approximate surface area is 103 Å². The summed E-state index contributed by atoms with van der Waals surface area (Å²) in [7, 11) is 0. The first-order chi connectivity index (χ1) is 7.41. The van der Waals surface area contributed by atoms with Crippen LogP contribution in [0.15, 0.2) is 0 Å². The molecule has 0 aliphatic heterocycles. The van der Waals surface area contributed by atoms with Crippen LogP contribution in [0.1, 0.15) is 45.4 Å². The molecule has 0 unspecified atom stereocenters.